The summed E-state index contributed by atoms with van der Waals surface area (Å²) in [7, 11) is 1.34. The fourth-order valence-corrected chi connectivity index (χ4v) is 1.72. The van der Waals surface area contributed by atoms with Gasteiger partial charge in [0.15, 0.2) is 0 Å². The van der Waals surface area contributed by atoms with E-state index >= 15 is 0 Å². The van der Waals surface area contributed by atoms with Crippen molar-refractivity contribution in [2.45, 2.75) is 0 Å². The lowest BCUT2D eigenvalue weighted by atomic mass is 10.3. The van der Waals surface area contributed by atoms with Gasteiger partial charge in [0.05, 0.1) is 13.3 Å². The van der Waals surface area contributed by atoms with Gasteiger partial charge in [0, 0.05) is 10.9 Å². The molecule has 14 heavy (non-hydrogen) atoms. The molecule has 0 saturated carbocycles. The highest BCUT2D eigenvalue weighted by Gasteiger charge is 2.10. The largest absolute Gasteiger partial charge is 0.464 e. The summed E-state index contributed by atoms with van der Waals surface area (Å²) in [6.07, 6.45) is 1.47. The molecule has 0 radical (unpaired) electrons. The number of carbonyl (C=O) groups is 1. The Morgan fingerprint density at radius 3 is 3.14 bits per heavy atom. The molecule has 0 spiro atoms. The van der Waals surface area contributed by atoms with Gasteiger partial charge in [-0.3, -0.25) is 0 Å². The Morgan fingerprint density at radius 2 is 2.50 bits per heavy atom. The SMILES string of the molecule is COC(=O)c1cnc(-c2ccsc2)[nH]1. The van der Waals surface area contributed by atoms with Gasteiger partial charge in [-0.15, -0.1) is 0 Å². The number of methoxy groups -OCH3 is 1. The molecule has 0 unspecified atom stereocenters. The lowest BCUT2D eigenvalue weighted by Gasteiger charge is -1.92. The summed E-state index contributed by atoms with van der Waals surface area (Å²) in [5.74, 6) is 0.283. The molecule has 2 heterocycles. The Kier molecular flexibility index (Phi) is 2.32. The number of imidazole rings is 1. The predicted molar refractivity (Wildman–Crippen MR) is 53.2 cm³/mol. The number of aromatic nitrogens is 2. The van der Waals surface area contributed by atoms with Gasteiger partial charge in [0.25, 0.3) is 0 Å². The van der Waals surface area contributed by atoms with Crippen LogP contribution in [0.1, 0.15) is 10.5 Å². The van der Waals surface area contributed by atoms with Crippen LogP contribution >= 0.6 is 11.3 Å². The van der Waals surface area contributed by atoms with E-state index < -0.39 is 5.97 Å². The maximum Gasteiger partial charge on any atom is 0.356 e. The molecule has 0 aromatic carbocycles. The van der Waals surface area contributed by atoms with Crippen molar-refractivity contribution in [1.82, 2.24) is 9.97 Å². The molecule has 1 N–H and O–H groups in total. The van der Waals surface area contributed by atoms with E-state index in [2.05, 4.69) is 14.7 Å². The molecule has 0 fully saturated rings. The van der Waals surface area contributed by atoms with Crippen LogP contribution in [0.25, 0.3) is 11.4 Å². The third-order valence-electron chi connectivity index (χ3n) is 1.78. The van der Waals surface area contributed by atoms with Crippen molar-refractivity contribution in [2.24, 2.45) is 0 Å². The highest BCUT2D eigenvalue weighted by atomic mass is 32.1. The molecule has 2 aromatic heterocycles. The van der Waals surface area contributed by atoms with Crippen LogP contribution in [0.4, 0.5) is 0 Å². The lowest BCUT2D eigenvalue weighted by molar-refractivity contribution is 0.0595. The van der Waals surface area contributed by atoms with E-state index in [1.165, 1.54) is 13.3 Å². The average molecular weight is 208 g/mol. The summed E-state index contributed by atoms with van der Waals surface area (Å²) in [5.41, 5.74) is 1.35. The van der Waals surface area contributed by atoms with Gasteiger partial charge < -0.3 is 9.72 Å². The molecule has 0 saturated heterocycles. The maximum atomic E-state index is 11.1. The van der Waals surface area contributed by atoms with E-state index in [1.807, 2.05) is 16.8 Å². The van der Waals surface area contributed by atoms with Gasteiger partial charge in [-0.1, -0.05) is 0 Å². The van der Waals surface area contributed by atoms with E-state index in [0.29, 0.717) is 11.5 Å². The Labute approximate surface area is 84.6 Å². The molecule has 5 heteroatoms. The van der Waals surface area contributed by atoms with Crippen LogP contribution in [0.5, 0.6) is 0 Å². The van der Waals surface area contributed by atoms with Crippen LogP contribution in [0.2, 0.25) is 0 Å². The van der Waals surface area contributed by atoms with Gasteiger partial charge in [-0.25, -0.2) is 9.78 Å². The normalized spacial score (nSPS) is 10.1. The van der Waals surface area contributed by atoms with Crippen LogP contribution in [-0.4, -0.2) is 23.0 Å². The van der Waals surface area contributed by atoms with Gasteiger partial charge in [0.2, 0.25) is 0 Å². The standard InChI is InChI=1S/C9H8N2O2S/c1-13-9(12)7-4-10-8(11-7)6-2-3-14-5-6/h2-5H,1H3,(H,10,11). The van der Waals surface area contributed by atoms with E-state index in [4.69, 9.17) is 0 Å². The summed E-state index contributed by atoms with van der Waals surface area (Å²) in [6.45, 7) is 0. The molecule has 0 aliphatic carbocycles. The van der Waals surface area contributed by atoms with Crippen LogP contribution in [-0.2, 0) is 4.74 Å². The van der Waals surface area contributed by atoms with E-state index in [9.17, 15) is 4.79 Å². The minimum atomic E-state index is -0.404. The zero-order valence-corrected chi connectivity index (χ0v) is 8.30. The van der Waals surface area contributed by atoms with Crippen molar-refractivity contribution in [1.29, 1.82) is 0 Å². The third kappa shape index (κ3) is 1.54. The number of H-pyrrole nitrogens is 1. The number of ether oxygens (including phenoxy) is 1. The molecule has 2 rings (SSSR count). The summed E-state index contributed by atoms with van der Waals surface area (Å²) in [4.78, 5) is 18.1. The summed E-state index contributed by atoms with van der Waals surface area (Å²) in [5, 5.41) is 3.91. The van der Waals surface area contributed by atoms with Gasteiger partial charge in [-0.2, -0.15) is 11.3 Å². The monoisotopic (exact) mass is 208 g/mol. The number of hydrogen-bond donors (Lipinski definition) is 1. The molecule has 4 nitrogen and oxygen atoms in total. The summed E-state index contributed by atoms with van der Waals surface area (Å²) >= 11 is 1.58. The molecule has 0 aliphatic rings. The first kappa shape index (κ1) is 8.96. The van der Waals surface area contributed by atoms with Crippen LogP contribution in [0, 0.1) is 0 Å². The molecule has 0 amide bonds. The first-order valence-electron chi connectivity index (χ1n) is 3.97. The number of hydrogen-bond acceptors (Lipinski definition) is 4. The van der Waals surface area contributed by atoms with Crippen molar-refractivity contribution in [3.05, 3.63) is 28.7 Å². The second kappa shape index (κ2) is 3.63. The number of nitrogens with zero attached hydrogens (tertiary/aromatic N) is 1. The van der Waals surface area contributed by atoms with Crippen molar-refractivity contribution in [3.63, 3.8) is 0 Å². The Morgan fingerprint density at radius 1 is 1.64 bits per heavy atom. The van der Waals surface area contributed by atoms with Crippen molar-refractivity contribution >= 4 is 17.3 Å². The zero-order chi connectivity index (χ0) is 9.97. The molecule has 0 atom stereocenters. The fraction of sp³-hybridized carbons (Fsp3) is 0.111. The highest BCUT2D eigenvalue weighted by molar-refractivity contribution is 7.08. The molecule has 0 bridgehead atoms. The number of esters is 1. The van der Waals surface area contributed by atoms with Crippen LogP contribution in [0.3, 0.4) is 0 Å². The van der Waals surface area contributed by atoms with Crippen molar-refractivity contribution < 1.29 is 9.53 Å². The number of aromatic amines is 1. The maximum absolute atomic E-state index is 11.1. The van der Waals surface area contributed by atoms with Crippen LogP contribution < -0.4 is 0 Å². The number of carbonyl (C=O) groups excluding carboxylic acids is 1. The van der Waals surface area contributed by atoms with Gasteiger partial charge in [0.1, 0.15) is 11.5 Å². The minimum absolute atomic E-state index is 0.369. The van der Waals surface area contributed by atoms with Crippen molar-refractivity contribution in [3.8, 4) is 11.4 Å². The quantitative estimate of drug-likeness (QED) is 0.767. The Balaban J connectivity index is 2.31. The first-order chi connectivity index (χ1) is 6.81. The summed E-state index contributed by atoms with van der Waals surface area (Å²) < 4.78 is 4.56. The minimum Gasteiger partial charge on any atom is -0.464 e. The lowest BCUT2D eigenvalue weighted by Crippen LogP contribution is -2.00. The van der Waals surface area contributed by atoms with Crippen LogP contribution in [0.15, 0.2) is 23.0 Å². The third-order valence-corrected chi connectivity index (χ3v) is 2.46. The number of rotatable bonds is 2. The second-order valence-electron chi connectivity index (χ2n) is 2.65. The Bertz CT molecular complexity index is 433. The van der Waals surface area contributed by atoms with Gasteiger partial charge >= 0.3 is 5.97 Å². The topological polar surface area (TPSA) is 55.0 Å². The Hall–Kier alpha value is -1.62. The molecule has 72 valence electrons. The molecular weight excluding hydrogens is 200 g/mol. The van der Waals surface area contributed by atoms with E-state index in [1.54, 1.807) is 11.3 Å². The summed E-state index contributed by atoms with van der Waals surface area (Å²) in [6, 6.07) is 1.94. The molecule has 2 aromatic rings. The first-order valence-corrected chi connectivity index (χ1v) is 4.91. The zero-order valence-electron chi connectivity index (χ0n) is 7.48. The number of nitrogens with one attached hydrogen (secondary N) is 1. The highest BCUT2D eigenvalue weighted by Crippen LogP contribution is 2.18. The van der Waals surface area contributed by atoms with E-state index in [-0.39, 0.29) is 0 Å². The number of thiophene rings is 1. The van der Waals surface area contributed by atoms with Crippen molar-refractivity contribution in [2.75, 3.05) is 7.11 Å². The second-order valence-corrected chi connectivity index (χ2v) is 3.43. The molecule has 0 aliphatic heterocycles. The van der Waals surface area contributed by atoms with E-state index in [0.717, 1.165) is 5.56 Å². The average Bonchev–Trinajstić information content (AvgIpc) is 2.86. The fourth-order valence-electron chi connectivity index (χ4n) is 1.08. The smallest absolute Gasteiger partial charge is 0.356 e. The molecular formula is C9H8N2O2S. The van der Waals surface area contributed by atoms with Gasteiger partial charge in [-0.05, 0) is 11.4 Å². The predicted octanol–water partition coefficient (Wildman–Crippen LogP) is 1.92.